The van der Waals surface area contributed by atoms with Crippen LogP contribution in [0.4, 0.5) is 0 Å². The van der Waals surface area contributed by atoms with Crippen molar-refractivity contribution >= 4 is 5.97 Å². The molecule has 1 aliphatic heterocycles. The zero-order valence-electron chi connectivity index (χ0n) is 6.87. The highest BCUT2D eigenvalue weighted by molar-refractivity contribution is 5.70. The van der Waals surface area contributed by atoms with E-state index in [0.29, 0.717) is 13.0 Å². The molecule has 0 aromatic rings. The molecule has 4 heteroatoms. The number of nitrogens with zero attached hydrogens (tertiary/aromatic N) is 1. The predicted molar refractivity (Wildman–Crippen MR) is 41.2 cm³/mol. The predicted octanol–water partition coefficient (Wildman–Crippen LogP) is -0.432. The largest absolute Gasteiger partial charge is 0.481 e. The standard InChI is InChI=1S/C7H14N2O2/c1-9(2)6-3-5(4-8-6)7(10)11/h5-6,8H,3-4H2,1-2H3,(H,10,11). The number of aliphatic carboxylic acids is 1. The van der Waals surface area contributed by atoms with Crippen molar-refractivity contribution < 1.29 is 9.90 Å². The highest BCUT2D eigenvalue weighted by Crippen LogP contribution is 2.14. The van der Waals surface area contributed by atoms with Gasteiger partial charge in [-0.1, -0.05) is 0 Å². The van der Waals surface area contributed by atoms with Gasteiger partial charge in [-0.2, -0.15) is 0 Å². The van der Waals surface area contributed by atoms with Gasteiger partial charge < -0.3 is 10.4 Å². The van der Waals surface area contributed by atoms with Crippen LogP contribution in [-0.2, 0) is 4.79 Å². The summed E-state index contributed by atoms with van der Waals surface area (Å²) in [6.45, 7) is 0.595. The Hall–Kier alpha value is -0.610. The van der Waals surface area contributed by atoms with Gasteiger partial charge in [0.25, 0.3) is 0 Å². The molecule has 1 fully saturated rings. The van der Waals surface area contributed by atoms with Crippen molar-refractivity contribution in [2.45, 2.75) is 12.6 Å². The minimum atomic E-state index is -0.693. The van der Waals surface area contributed by atoms with E-state index in [-0.39, 0.29) is 12.1 Å². The Balaban J connectivity index is 2.41. The summed E-state index contributed by atoms with van der Waals surface area (Å²) in [5, 5.41) is 11.8. The maximum Gasteiger partial charge on any atom is 0.307 e. The molecule has 0 aromatic carbocycles. The molecule has 0 saturated carbocycles. The van der Waals surface area contributed by atoms with Crippen LogP contribution < -0.4 is 5.32 Å². The summed E-state index contributed by atoms with van der Waals surface area (Å²) >= 11 is 0. The van der Waals surface area contributed by atoms with Gasteiger partial charge in [-0.3, -0.25) is 9.69 Å². The molecule has 1 saturated heterocycles. The van der Waals surface area contributed by atoms with Crippen LogP contribution in [0.3, 0.4) is 0 Å². The third-order valence-electron chi connectivity index (χ3n) is 2.08. The fourth-order valence-corrected chi connectivity index (χ4v) is 1.30. The van der Waals surface area contributed by atoms with Crippen molar-refractivity contribution in [3.63, 3.8) is 0 Å². The summed E-state index contributed by atoms with van der Waals surface area (Å²) in [5.41, 5.74) is 0. The van der Waals surface area contributed by atoms with Crippen LogP contribution in [0.1, 0.15) is 6.42 Å². The van der Waals surface area contributed by atoms with E-state index in [1.54, 1.807) is 0 Å². The van der Waals surface area contributed by atoms with Gasteiger partial charge in [0.2, 0.25) is 0 Å². The van der Waals surface area contributed by atoms with Gasteiger partial charge in [0, 0.05) is 6.54 Å². The van der Waals surface area contributed by atoms with E-state index in [0.717, 1.165) is 0 Å². The van der Waals surface area contributed by atoms with Crippen LogP contribution in [0, 0.1) is 5.92 Å². The zero-order valence-corrected chi connectivity index (χ0v) is 6.87. The van der Waals surface area contributed by atoms with Crippen molar-refractivity contribution in [3.05, 3.63) is 0 Å². The quantitative estimate of drug-likeness (QED) is 0.572. The molecule has 1 rings (SSSR count). The van der Waals surface area contributed by atoms with Gasteiger partial charge in [-0.25, -0.2) is 0 Å². The lowest BCUT2D eigenvalue weighted by molar-refractivity contribution is -0.141. The summed E-state index contributed by atoms with van der Waals surface area (Å²) in [6, 6.07) is 0. The summed E-state index contributed by atoms with van der Waals surface area (Å²) in [6.07, 6.45) is 0.943. The Morgan fingerprint density at radius 1 is 1.64 bits per heavy atom. The Morgan fingerprint density at radius 2 is 2.27 bits per heavy atom. The molecule has 0 spiro atoms. The number of carboxylic acids is 1. The summed E-state index contributed by atoms with van der Waals surface area (Å²) in [5.74, 6) is -0.899. The average Bonchev–Trinajstić information content (AvgIpc) is 2.33. The Bertz CT molecular complexity index is 159. The fraction of sp³-hybridized carbons (Fsp3) is 0.857. The van der Waals surface area contributed by atoms with E-state index in [2.05, 4.69) is 5.32 Å². The Labute approximate surface area is 66.2 Å². The molecule has 2 N–H and O–H groups in total. The SMILES string of the molecule is CN(C)C1CC(C(=O)O)CN1. The van der Waals surface area contributed by atoms with Crippen molar-refractivity contribution in [1.29, 1.82) is 0 Å². The third kappa shape index (κ3) is 1.91. The summed E-state index contributed by atoms with van der Waals surface area (Å²) in [4.78, 5) is 12.5. The molecule has 4 nitrogen and oxygen atoms in total. The molecule has 11 heavy (non-hydrogen) atoms. The van der Waals surface area contributed by atoms with Gasteiger partial charge >= 0.3 is 5.97 Å². The smallest absolute Gasteiger partial charge is 0.307 e. The normalized spacial score (nSPS) is 31.2. The van der Waals surface area contributed by atoms with E-state index in [9.17, 15) is 4.79 Å². The molecule has 64 valence electrons. The van der Waals surface area contributed by atoms with Crippen LogP contribution in [0.2, 0.25) is 0 Å². The molecule has 1 aliphatic rings. The number of carbonyl (C=O) groups is 1. The van der Waals surface area contributed by atoms with Crippen LogP contribution in [0.15, 0.2) is 0 Å². The number of rotatable bonds is 2. The molecule has 2 atom stereocenters. The first kappa shape index (κ1) is 8.49. The lowest BCUT2D eigenvalue weighted by atomic mass is 10.1. The van der Waals surface area contributed by atoms with Crippen LogP contribution in [0.25, 0.3) is 0 Å². The van der Waals surface area contributed by atoms with Crippen molar-refractivity contribution in [3.8, 4) is 0 Å². The van der Waals surface area contributed by atoms with Crippen LogP contribution in [0.5, 0.6) is 0 Å². The second-order valence-corrected chi connectivity index (χ2v) is 3.16. The van der Waals surface area contributed by atoms with Gasteiger partial charge in [0.05, 0.1) is 12.1 Å². The fourth-order valence-electron chi connectivity index (χ4n) is 1.30. The van der Waals surface area contributed by atoms with Gasteiger partial charge in [0.1, 0.15) is 0 Å². The van der Waals surface area contributed by atoms with E-state index in [4.69, 9.17) is 5.11 Å². The lowest BCUT2D eigenvalue weighted by Crippen LogP contribution is -2.35. The van der Waals surface area contributed by atoms with Gasteiger partial charge in [0.15, 0.2) is 0 Å². The summed E-state index contributed by atoms with van der Waals surface area (Å²) < 4.78 is 0. The highest BCUT2D eigenvalue weighted by Gasteiger charge is 2.29. The van der Waals surface area contributed by atoms with Crippen molar-refractivity contribution in [1.82, 2.24) is 10.2 Å². The topological polar surface area (TPSA) is 52.6 Å². The molecular weight excluding hydrogens is 144 g/mol. The maximum absolute atomic E-state index is 10.5. The number of carboxylic acid groups (broad SMARTS) is 1. The highest BCUT2D eigenvalue weighted by atomic mass is 16.4. The second kappa shape index (κ2) is 3.19. The van der Waals surface area contributed by atoms with Gasteiger partial charge in [-0.05, 0) is 20.5 Å². The molecular formula is C7H14N2O2. The van der Waals surface area contributed by atoms with E-state index in [1.165, 1.54) is 0 Å². The number of hydrogen-bond donors (Lipinski definition) is 2. The van der Waals surface area contributed by atoms with E-state index < -0.39 is 5.97 Å². The molecule has 0 bridgehead atoms. The van der Waals surface area contributed by atoms with Crippen molar-refractivity contribution in [2.24, 2.45) is 5.92 Å². The Kier molecular flexibility index (Phi) is 2.46. The molecule has 2 unspecified atom stereocenters. The van der Waals surface area contributed by atoms with E-state index >= 15 is 0 Å². The lowest BCUT2D eigenvalue weighted by Gasteiger charge is -2.18. The Morgan fingerprint density at radius 3 is 2.55 bits per heavy atom. The molecule has 0 radical (unpaired) electrons. The second-order valence-electron chi connectivity index (χ2n) is 3.16. The minimum Gasteiger partial charge on any atom is -0.481 e. The maximum atomic E-state index is 10.5. The first-order valence-corrected chi connectivity index (χ1v) is 3.74. The molecule has 1 heterocycles. The van der Waals surface area contributed by atoms with Gasteiger partial charge in [-0.15, -0.1) is 0 Å². The van der Waals surface area contributed by atoms with Crippen molar-refractivity contribution in [2.75, 3.05) is 20.6 Å². The molecule has 0 amide bonds. The number of hydrogen-bond acceptors (Lipinski definition) is 3. The average molecular weight is 158 g/mol. The molecule has 0 aliphatic carbocycles. The molecule has 0 aromatic heterocycles. The number of nitrogens with one attached hydrogen (secondary N) is 1. The summed E-state index contributed by atoms with van der Waals surface area (Å²) in [7, 11) is 3.89. The zero-order chi connectivity index (χ0) is 8.43. The third-order valence-corrected chi connectivity index (χ3v) is 2.08. The minimum absolute atomic E-state index is 0.206. The van der Waals surface area contributed by atoms with Crippen LogP contribution in [-0.4, -0.2) is 42.8 Å². The van der Waals surface area contributed by atoms with E-state index in [1.807, 2.05) is 19.0 Å². The first-order valence-electron chi connectivity index (χ1n) is 3.74. The van der Waals surface area contributed by atoms with Crippen LogP contribution >= 0.6 is 0 Å². The first-order chi connectivity index (χ1) is 5.11. The monoisotopic (exact) mass is 158 g/mol.